The molecule has 0 bridgehead atoms. The van der Waals surface area contributed by atoms with Crippen molar-refractivity contribution >= 4 is 28.0 Å². The van der Waals surface area contributed by atoms with Crippen molar-refractivity contribution in [2.24, 2.45) is 0 Å². The molecule has 0 aliphatic heterocycles. The highest BCUT2D eigenvalue weighted by atomic mass is 32.1. The second-order valence-corrected chi connectivity index (χ2v) is 8.77. The van der Waals surface area contributed by atoms with Gasteiger partial charge in [0, 0.05) is 11.1 Å². The van der Waals surface area contributed by atoms with Gasteiger partial charge in [-0.1, -0.05) is 61.2 Å². The first-order chi connectivity index (χ1) is 18.6. The molecule has 0 saturated heterocycles. The lowest BCUT2D eigenvalue weighted by atomic mass is 9.93. The SMILES string of the molecule is C=C(c1cccc(-c2cc(CO)c(CO)c(CO)c2)c1)c1cc2ccccc2n1-c1ccccc1.O=S=O. The maximum Gasteiger partial charge on any atom is 0.335 e. The summed E-state index contributed by atoms with van der Waals surface area (Å²) in [5.41, 5.74) is 8.68. The fourth-order valence-electron chi connectivity index (χ4n) is 4.72. The minimum atomic E-state index is -0.750. The molecule has 0 radical (unpaired) electrons. The van der Waals surface area contributed by atoms with Crippen molar-refractivity contribution < 1.29 is 23.7 Å². The third-order valence-electron chi connectivity index (χ3n) is 6.51. The molecule has 1 heterocycles. The molecule has 6 nitrogen and oxygen atoms in total. The van der Waals surface area contributed by atoms with Crippen molar-refractivity contribution in [3.63, 3.8) is 0 Å². The third kappa shape index (κ3) is 5.41. The number of fused-ring (bicyclic) bond motifs is 1. The Bertz CT molecular complexity index is 1590. The van der Waals surface area contributed by atoms with Crippen LogP contribution in [0.4, 0.5) is 0 Å². The molecule has 1 aromatic heterocycles. The lowest BCUT2D eigenvalue weighted by Crippen LogP contribution is -2.02. The van der Waals surface area contributed by atoms with Crippen molar-refractivity contribution in [1.29, 1.82) is 0 Å². The van der Waals surface area contributed by atoms with Gasteiger partial charge in [-0.15, -0.1) is 0 Å². The largest absolute Gasteiger partial charge is 0.392 e. The maximum atomic E-state index is 9.83. The normalized spacial score (nSPS) is 10.6. The van der Waals surface area contributed by atoms with Crippen LogP contribution in [-0.4, -0.2) is 28.3 Å². The van der Waals surface area contributed by atoms with Gasteiger partial charge >= 0.3 is 11.6 Å². The van der Waals surface area contributed by atoms with Gasteiger partial charge in [0.25, 0.3) is 0 Å². The van der Waals surface area contributed by atoms with Crippen LogP contribution in [-0.2, 0) is 31.4 Å². The molecule has 0 saturated carbocycles. The molecule has 38 heavy (non-hydrogen) atoms. The second-order valence-electron chi connectivity index (χ2n) is 8.63. The van der Waals surface area contributed by atoms with E-state index in [-0.39, 0.29) is 19.8 Å². The van der Waals surface area contributed by atoms with Gasteiger partial charge in [-0.2, -0.15) is 8.42 Å². The van der Waals surface area contributed by atoms with Gasteiger partial charge in [-0.05, 0) is 81.4 Å². The van der Waals surface area contributed by atoms with E-state index in [9.17, 15) is 15.3 Å². The number of aliphatic hydroxyl groups excluding tert-OH is 3. The topological polar surface area (TPSA) is 99.8 Å². The summed E-state index contributed by atoms with van der Waals surface area (Å²) >= 11 is -0.750. The number of rotatable bonds is 7. The Balaban J connectivity index is 0.00000107. The van der Waals surface area contributed by atoms with Crippen LogP contribution >= 0.6 is 0 Å². The first-order valence-corrected chi connectivity index (χ1v) is 12.6. The summed E-state index contributed by atoms with van der Waals surface area (Å²) in [5.74, 6) is 0. The smallest absolute Gasteiger partial charge is 0.335 e. The van der Waals surface area contributed by atoms with Crippen molar-refractivity contribution in [3.05, 3.63) is 132 Å². The number of para-hydroxylation sites is 2. The molecular formula is C31H27NO5S. The molecule has 5 aromatic rings. The predicted octanol–water partition coefficient (Wildman–Crippen LogP) is 5.17. The first-order valence-electron chi connectivity index (χ1n) is 11.9. The van der Waals surface area contributed by atoms with Crippen molar-refractivity contribution in [1.82, 2.24) is 4.57 Å². The third-order valence-corrected chi connectivity index (χ3v) is 6.51. The minimum Gasteiger partial charge on any atom is -0.392 e. The highest BCUT2D eigenvalue weighted by Gasteiger charge is 2.16. The number of hydrogen-bond donors (Lipinski definition) is 3. The Morgan fingerprint density at radius 1 is 0.711 bits per heavy atom. The highest BCUT2D eigenvalue weighted by Crippen LogP contribution is 2.34. The molecule has 5 rings (SSSR count). The minimum absolute atomic E-state index is 0.208. The van der Waals surface area contributed by atoms with Gasteiger partial charge in [-0.25, -0.2) is 0 Å². The van der Waals surface area contributed by atoms with Crippen molar-refractivity contribution in [3.8, 4) is 16.8 Å². The van der Waals surface area contributed by atoms with Gasteiger partial charge in [0.05, 0.1) is 31.0 Å². The Labute approximate surface area is 224 Å². The van der Waals surface area contributed by atoms with E-state index in [4.69, 9.17) is 8.42 Å². The van der Waals surface area contributed by atoms with Gasteiger partial charge in [0.2, 0.25) is 0 Å². The van der Waals surface area contributed by atoms with Crippen LogP contribution in [0.2, 0.25) is 0 Å². The molecule has 192 valence electrons. The summed E-state index contributed by atoms with van der Waals surface area (Å²) in [4.78, 5) is 0. The fourth-order valence-corrected chi connectivity index (χ4v) is 4.72. The molecule has 3 N–H and O–H groups in total. The van der Waals surface area contributed by atoms with E-state index >= 15 is 0 Å². The maximum absolute atomic E-state index is 9.83. The van der Waals surface area contributed by atoms with E-state index in [1.807, 2.05) is 60.7 Å². The Kier molecular flexibility index (Phi) is 8.78. The van der Waals surface area contributed by atoms with Gasteiger partial charge in [0.1, 0.15) is 0 Å². The summed E-state index contributed by atoms with van der Waals surface area (Å²) in [6.45, 7) is 3.83. The summed E-state index contributed by atoms with van der Waals surface area (Å²) in [5, 5.41) is 30.5. The second kappa shape index (κ2) is 12.4. The van der Waals surface area contributed by atoms with Crippen LogP contribution < -0.4 is 0 Å². The average Bonchev–Trinajstić information content (AvgIpc) is 3.36. The van der Waals surface area contributed by atoms with Crippen molar-refractivity contribution in [2.45, 2.75) is 19.8 Å². The fraction of sp³-hybridized carbons (Fsp3) is 0.0968. The Hall–Kier alpha value is -4.14. The molecule has 4 aromatic carbocycles. The zero-order chi connectivity index (χ0) is 27.1. The molecule has 0 fully saturated rings. The van der Waals surface area contributed by atoms with E-state index in [1.165, 1.54) is 0 Å². The highest BCUT2D eigenvalue weighted by molar-refractivity contribution is 7.51. The van der Waals surface area contributed by atoms with Gasteiger partial charge in [0.15, 0.2) is 0 Å². The van der Waals surface area contributed by atoms with E-state index in [1.54, 1.807) is 0 Å². The number of nitrogens with zero attached hydrogens (tertiary/aromatic N) is 1. The van der Waals surface area contributed by atoms with E-state index < -0.39 is 11.6 Å². The molecule has 0 aliphatic rings. The molecule has 0 amide bonds. The Morgan fingerprint density at radius 3 is 1.97 bits per heavy atom. The molecule has 7 heteroatoms. The standard InChI is InChI=1S/C31H27NO3.O2S/c1-21(31-17-24-8-5-6-13-30(24)32(31)28-11-3-2-4-12-28)22-9-7-10-23(14-22)25-15-26(18-33)29(20-35)27(16-25)19-34;1-3-2/h2-17,33-35H,1,18-20H2;. The molecule has 0 spiro atoms. The van der Waals surface area contributed by atoms with Crippen LogP contribution in [0.25, 0.3) is 33.3 Å². The molecule has 0 aliphatic carbocycles. The average molecular weight is 526 g/mol. The van der Waals surface area contributed by atoms with Crippen LogP contribution in [0, 0.1) is 0 Å². The zero-order valence-electron chi connectivity index (χ0n) is 20.6. The molecular weight excluding hydrogens is 498 g/mol. The van der Waals surface area contributed by atoms with Crippen LogP contribution in [0.1, 0.15) is 27.9 Å². The van der Waals surface area contributed by atoms with E-state index in [2.05, 4.69) is 47.5 Å². The van der Waals surface area contributed by atoms with E-state index in [0.29, 0.717) is 16.7 Å². The van der Waals surface area contributed by atoms with Crippen molar-refractivity contribution in [2.75, 3.05) is 0 Å². The lowest BCUT2D eigenvalue weighted by Gasteiger charge is -2.16. The van der Waals surface area contributed by atoms with E-state index in [0.717, 1.165) is 44.5 Å². The van der Waals surface area contributed by atoms with Crippen LogP contribution in [0.3, 0.4) is 0 Å². The number of hydrogen-bond acceptors (Lipinski definition) is 5. The number of aromatic nitrogens is 1. The van der Waals surface area contributed by atoms with Gasteiger partial charge in [-0.3, -0.25) is 0 Å². The summed E-state index contributed by atoms with van der Waals surface area (Å²) in [7, 11) is 0. The molecule has 0 unspecified atom stereocenters. The quantitative estimate of drug-likeness (QED) is 0.272. The summed E-state index contributed by atoms with van der Waals surface area (Å²) < 4.78 is 18.8. The monoisotopic (exact) mass is 525 g/mol. The lowest BCUT2D eigenvalue weighted by molar-refractivity contribution is 0.248. The van der Waals surface area contributed by atoms with Gasteiger partial charge < -0.3 is 19.9 Å². The summed E-state index contributed by atoms with van der Waals surface area (Å²) in [6.07, 6.45) is 0. The molecule has 0 atom stereocenters. The Morgan fingerprint density at radius 2 is 1.34 bits per heavy atom. The number of aliphatic hydroxyl groups is 3. The van der Waals surface area contributed by atoms with Crippen LogP contribution in [0.5, 0.6) is 0 Å². The predicted molar refractivity (Wildman–Crippen MR) is 150 cm³/mol. The summed E-state index contributed by atoms with van der Waals surface area (Å²) in [6, 6.07) is 32.6. The van der Waals surface area contributed by atoms with Crippen LogP contribution in [0.15, 0.2) is 104 Å². The first kappa shape index (κ1) is 26.9. The zero-order valence-corrected chi connectivity index (χ0v) is 21.4. The number of benzene rings is 4.